The molecule has 0 amide bonds. The molecule has 4 rings (SSSR count). The number of rotatable bonds is 3. The van der Waals surface area contributed by atoms with Crippen molar-refractivity contribution in [1.29, 1.82) is 0 Å². The van der Waals surface area contributed by atoms with Gasteiger partial charge in [-0.2, -0.15) is 0 Å². The van der Waals surface area contributed by atoms with Crippen LogP contribution in [0.25, 0.3) is 27.7 Å². The highest BCUT2D eigenvalue weighted by atomic mass is 35.5. The van der Waals surface area contributed by atoms with Gasteiger partial charge in [0.2, 0.25) is 0 Å². The summed E-state index contributed by atoms with van der Waals surface area (Å²) < 4.78 is 1.94. The second-order valence-corrected chi connectivity index (χ2v) is 6.28. The van der Waals surface area contributed by atoms with E-state index in [-0.39, 0.29) is 0 Å². The minimum atomic E-state index is 0.451. The van der Waals surface area contributed by atoms with Crippen molar-refractivity contribution in [2.24, 2.45) is 0 Å². The summed E-state index contributed by atoms with van der Waals surface area (Å²) in [7, 11) is 0. The van der Waals surface area contributed by atoms with Crippen LogP contribution in [0.3, 0.4) is 0 Å². The Morgan fingerprint density at radius 3 is 2.75 bits per heavy atom. The summed E-state index contributed by atoms with van der Waals surface area (Å²) >= 11 is 6.04. The average molecular weight is 338 g/mol. The predicted molar refractivity (Wildman–Crippen MR) is 95.3 cm³/mol. The molecule has 0 aromatic carbocycles. The number of aryl methyl sites for hydroxylation is 2. The molecular formula is C18H16ClN5. The van der Waals surface area contributed by atoms with E-state index < -0.39 is 0 Å². The third-order valence-electron chi connectivity index (χ3n) is 4.19. The van der Waals surface area contributed by atoms with E-state index in [1.165, 1.54) is 5.56 Å². The van der Waals surface area contributed by atoms with Crippen molar-refractivity contribution in [2.45, 2.75) is 26.7 Å². The molecule has 6 heteroatoms. The van der Waals surface area contributed by atoms with Gasteiger partial charge in [0.25, 0.3) is 0 Å². The minimum absolute atomic E-state index is 0.451. The summed E-state index contributed by atoms with van der Waals surface area (Å²) in [5, 5.41) is 9.81. The highest BCUT2D eigenvalue weighted by Gasteiger charge is 2.13. The summed E-state index contributed by atoms with van der Waals surface area (Å²) in [5.41, 5.74) is 6.08. The number of hydrogen-bond acceptors (Lipinski definition) is 4. The number of aromatic nitrogens is 5. The fourth-order valence-corrected chi connectivity index (χ4v) is 3.20. The quantitative estimate of drug-likeness (QED) is 0.524. The summed E-state index contributed by atoms with van der Waals surface area (Å²) in [5.74, 6) is 0. The Bertz CT molecular complexity index is 1050. The van der Waals surface area contributed by atoms with Crippen molar-refractivity contribution in [1.82, 2.24) is 24.6 Å². The van der Waals surface area contributed by atoms with Gasteiger partial charge in [0, 0.05) is 40.7 Å². The Kier molecular flexibility index (Phi) is 3.65. The molecule has 0 saturated heterocycles. The molecule has 24 heavy (non-hydrogen) atoms. The molecule has 0 spiro atoms. The number of nitrogens with zero attached hydrogens (tertiary/aromatic N) is 5. The lowest BCUT2D eigenvalue weighted by molar-refractivity contribution is 0.880. The predicted octanol–water partition coefficient (Wildman–Crippen LogP) is 4.25. The van der Waals surface area contributed by atoms with Crippen molar-refractivity contribution in [3.63, 3.8) is 0 Å². The lowest BCUT2D eigenvalue weighted by Gasteiger charge is -2.11. The molecular weight excluding hydrogens is 322 g/mol. The summed E-state index contributed by atoms with van der Waals surface area (Å²) in [6.07, 6.45) is 7.48. The number of fused-ring (bicyclic) bond motifs is 3. The molecule has 0 bridgehead atoms. The average Bonchev–Trinajstić information content (AvgIpc) is 3.05. The molecule has 0 N–H and O–H groups in total. The van der Waals surface area contributed by atoms with Crippen LogP contribution < -0.4 is 0 Å². The number of halogens is 1. The van der Waals surface area contributed by atoms with E-state index in [9.17, 15) is 0 Å². The van der Waals surface area contributed by atoms with Crippen molar-refractivity contribution >= 4 is 28.2 Å². The van der Waals surface area contributed by atoms with E-state index in [2.05, 4.69) is 46.1 Å². The van der Waals surface area contributed by atoms with E-state index in [1.54, 1.807) is 12.5 Å². The first-order valence-corrected chi connectivity index (χ1v) is 8.29. The second kappa shape index (κ2) is 5.83. The summed E-state index contributed by atoms with van der Waals surface area (Å²) in [6, 6.07) is 6.05. The fraction of sp³-hybridized carbons (Fsp3) is 0.222. The van der Waals surface area contributed by atoms with Gasteiger partial charge in [0.1, 0.15) is 11.5 Å². The number of hydrogen-bond donors (Lipinski definition) is 0. The van der Waals surface area contributed by atoms with Crippen molar-refractivity contribution in [2.75, 3.05) is 0 Å². The normalized spacial score (nSPS) is 11.5. The number of pyridine rings is 3. The molecule has 0 atom stereocenters. The monoisotopic (exact) mass is 337 g/mol. The maximum absolute atomic E-state index is 6.04. The molecule has 0 aliphatic carbocycles. The Labute approximate surface area is 144 Å². The van der Waals surface area contributed by atoms with Crippen molar-refractivity contribution in [3.8, 4) is 11.1 Å². The maximum atomic E-state index is 6.04. The van der Waals surface area contributed by atoms with Crippen LogP contribution in [0, 0.1) is 6.92 Å². The van der Waals surface area contributed by atoms with E-state index in [0.717, 1.165) is 46.2 Å². The molecule has 4 heterocycles. The lowest BCUT2D eigenvalue weighted by atomic mass is 10.0. The first-order valence-electron chi connectivity index (χ1n) is 7.91. The molecule has 4 aromatic rings. The maximum Gasteiger partial charge on any atom is 0.169 e. The molecule has 0 unspecified atom stereocenters. The zero-order valence-corrected chi connectivity index (χ0v) is 14.2. The summed E-state index contributed by atoms with van der Waals surface area (Å²) in [6.45, 7) is 4.26. The van der Waals surface area contributed by atoms with Gasteiger partial charge in [-0.3, -0.25) is 9.38 Å². The fourth-order valence-electron chi connectivity index (χ4n) is 3.05. The lowest BCUT2D eigenvalue weighted by Crippen LogP contribution is -1.96. The Hall–Kier alpha value is -2.53. The van der Waals surface area contributed by atoms with Crippen LogP contribution in [0.4, 0.5) is 0 Å². The van der Waals surface area contributed by atoms with Crippen molar-refractivity contribution < 1.29 is 0 Å². The Balaban J connectivity index is 1.99. The Morgan fingerprint density at radius 2 is 1.96 bits per heavy atom. The van der Waals surface area contributed by atoms with Crippen LogP contribution >= 0.6 is 11.6 Å². The summed E-state index contributed by atoms with van der Waals surface area (Å²) in [4.78, 5) is 8.79. The van der Waals surface area contributed by atoms with Gasteiger partial charge >= 0.3 is 0 Å². The molecule has 0 fully saturated rings. The zero-order chi connectivity index (χ0) is 16.7. The molecule has 120 valence electrons. The van der Waals surface area contributed by atoms with Crippen LogP contribution in [0.2, 0.25) is 5.15 Å². The molecule has 0 radical (unpaired) electrons. The topological polar surface area (TPSA) is 56.0 Å². The molecule has 0 saturated carbocycles. The third kappa shape index (κ3) is 2.41. The highest BCUT2D eigenvalue weighted by Crippen LogP contribution is 2.31. The molecule has 0 aliphatic rings. The Morgan fingerprint density at radius 1 is 1.08 bits per heavy atom. The third-order valence-corrected chi connectivity index (χ3v) is 4.40. The zero-order valence-electron chi connectivity index (χ0n) is 13.5. The van der Waals surface area contributed by atoms with Gasteiger partial charge in [-0.15, -0.1) is 10.2 Å². The van der Waals surface area contributed by atoms with Gasteiger partial charge in [-0.05, 0) is 31.0 Å². The van der Waals surface area contributed by atoms with Crippen LogP contribution in [0.5, 0.6) is 0 Å². The van der Waals surface area contributed by atoms with Gasteiger partial charge in [0.15, 0.2) is 5.65 Å². The van der Waals surface area contributed by atoms with Gasteiger partial charge in [-0.25, -0.2) is 4.98 Å². The van der Waals surface area contributed by atoms with Crippen LogP contribution in [-0.4, -0.2) is 24.6 Å². The van der Waals surface area contributed by atoms with Crippen molar-refractivity contribution in [3.05, 3.63) is 53.3 Å². The molecule has 0 aliphatic heterocycles. The first kappa shape index (κ1) is 15.0. The smallest absolute Gasteiger partial charge is 0.169 e. The van der Waals surface area contributed by atoms with Crippen LogP contribution in [-0.2, 0) is 6.42 Å². The van der Waals surface area contributed by atoms with E-state index >= 15 is 0 Å². The van der Waals surface area contributed by atoms with Gasteiger partial charge in [-0.1, -0.05) is 24.9 Å². The van der Waals surface area contributed by atoms with Gasteiger partial charge in [0.05, 0.1) is 5.52 Å². The highest BCUT2D eigenvalue weighted by molar-refractivity contribution is 6.30. The largest absolute Gasteiger partial charge is 0.281 e. The SMILES string of the molecule is CCCc1cc(C)c(-c2cc3cnc(Cl)cc3n3cnnc23)cn1. The second-order valence-electron chi connectivity index (χ2n) is 5.89. The van der Waals surface area contributed by atoms with Gasteiger partial charge < -0.3 is 0 Å². The first-order chi connectivity index (χ1) is 11.7. The van der Waals surface area contributed by atoms with E-state index in [1.807, 2.05) is 16.7 Å². The standard InChI is InChI=1S/C18H16ClN5/c1-3-4-13-5-11(2)15(9-20-13)14-6-12-8-21-17(19)7-16(12)24-10-22-23-18(14)24/h5-10H,3-4H2,1-2H3. The van der Waals surface area contributed by atoms with Crippen LogP contribution in [0.1, 0.15) is 24.6 Å². The van der Waals surface area contributed by atoms with E-state index in [4.69, 9.17) is 11.6 Å². The minimum Gasteiger partial charge on any atom is -0.281 e. The molecule has 5 nitrogen and oxygen atoms in total. The molecule has 4 aromatic heterocycles. The van der Waals surface area contributed by atoms with Crippen LogP contribution in [0.15, 0.2) is 36.9 Å². The van der Waals surface area contributed by atoms with E-state index in [0.29, 0.717) is 5.15 Å².